The molecule has 35 heavy (non-hydrogen) atoms. The number of carbonyl (C=O) groups is 2. The van der Waals surface area contributed by atoms with Gasteiger partial charge in [-0.1, -0.05) is 34.1 Å². The second-order valence-electron chi connectivity index (χ2n) is 10.3. The van der Waals surface area contributed by atoms with Gasteiger partial charge in [0.1, 0.15) is 5.60 Å². The van der Waals surface area contributed by atoms with E-state index in [9.17, 15) is 9.59 Å². The van der Waals surface area contributed by atoms with E-state index in [1.807, 2.05) is 83.7 Å². The molecule has 0 bridgehead atoms. The van der Waals surface area contributed by atoms with Gasteiger partial charge >= 0.3 is 6.09 Å². The lowest BCUT2D eigenvalue weighted by Crippen LogP contribution is -2.67. The van der Waals surface area contributed by atoms with Crippen molar-refractivity contribution >= 4 is 38.8 Å². The summed E-state index contributed by atoms with van der Waals surface area (Å²) < 4.78 is 14.2. The highest BCUT2D eigenvalue weighted by Gasteiger charge is 2.59. The monoisotopic (exact) mass is 540 g/mol. The van der Waals surface area contributed by atoms with Gasteiger partial charge in [-0.15, -0.1) is 0 Å². The summed E-state index contributed by atoms with van der Waals surface area (Å²) in [6, 6.07) is 11.8. The Labute approximate surface area is 215 Å². The summed E-state index contributed by atoms with van der Waals surface area (Å²) in [6.07, 6.45) is 1.34. The van der Waals surface area contributed by atoms with Crippen LogP contribution < -0.4 is 0 Å². The molecular weight excluding hydrogens is 508 g/mol. The molecule has 7 heteroatoms. The van der Waals surface area contributed by atoms with E-state index in [1.54, 1.807) is 10.8 Å². The largest absolute Gasteiger partial charge is 0.443 e. The highest BCUT2D eigenvalue weighted by Crippen LogP contribution is 2.47. The minimum Gasteiger partial charge on any atom is -0.443 e. The Hall–Kier alpha value is -2.64. The first kappa shape index (κ1) is 25.5. The van der Waals surface area contributed by atoms with Gasteiger partial charge in [0, 0.05) is 29.2 Å². The van der Waals surface area contributed by atoms with Crippen molar-refractivity contribution in [1.82, 2.24) is 9.47 Å². The van der Waals surface area contributed by atoms with Crippen molar-refractivity contribution in [3.63, 3.8) is 0 Å². The third-order valence-electron chi connectivity index (χ3n) is 6.56. The van der Waals surface area contributed by atoms with E-state index in [0.717, 1.165) is 37.6 Å². The van der Waals surface area contributed by atoms with Crippen LogP contribution in [0.3, 0.4) is 0 Å². The molecule has 0 saturated carbocycles. The van der Waals surface area contributed by atoms with Crippen molar-refractivity contribution in [1.29, 1.82) is 0 Å². The molecule has 3 aromatic rings. The molecule has 1 fully saturated rings. The molecule has 1 aliphatic heterocycles. The summed E-state index contributed by atoms with van der Waals surface area (Å²) >= 11 is 3.50. The first-order valence-corrected chi connectivity index (χ1v) is 12.7. The molecule has 0 aliphatic carbocycles. The average Bonchev–Trinajstić information content (AvgIpc) is 3.21. The fourth-order valence-electron chi connectivity index (χ4n) is 5.11. The maximum Gasteiger partial charge on any atom is 0.418 e. The summed E-state index contributed by atoms with van der Waals surface area (Å²) in [4.78, 5) is 28.2. The van der Waals surface area contributed by atoms with Crippen LogP contribution in [0.15, 0.2) is 47.1 Å². The Morgan fingerprint density at radius 3 is 2.37 bits per heavy atom. The minimum atomic E-state index is -0.914. The standard InChI is InChI=1S/C28H33BrN2O4/c1-8-34-28(7)24(19-9-11-20(29)12-10-19)31(25(28)32)16-22-17(2)15-18(3)23-21(22)13-14-30(23)26(33)35-27(4,5)6/h9-15,24H,8,16H2,1-7H3. The number of likely N-dealkylation sites (tertiary alicyclic amines) is 1. The molecule has 0 radical (unpaired) electrons. The van der Waals surface area contributed by atoms with Crippen LogP contribution in [-0.2, 0) is 20.8 Å². The Bertz CT molecular complexity index is 1290. The van der Waals surface area contributed by atoms with Crippen LogP contribution in [0.1, 0.15) is 62.9 Å². The number of aromatic nitrogens is 1. The molecule has 4 rings (SSSR count). The number of aryl methyl sites for hydroxylation is 2. The lowest BCUT2D eigenvalue weighted by molar-refractivity contribution is -0.202. The summed E-state index contributed by atoms with van der Waals surface area (Å²) in [5, 5.41) is 0.945. The van der Waals surface area contributed by atoms with Crippen molar-refractivity contribution in [2.24, 2.45) is 0 Å². The Balaban J connectivity index is 1.76. The maximum atomic E-state index is 13.4. The normalized spacial score (nSPS) is 20.3. The van der Waals surface area contributed by atoms with Gasteiger partial charge in [0.25, 0.3) is 5.91 Å². The predicted octanol–water partition coefficient (Wildman–Crippen LogP) is 6.68. The van der Waals surface area contributed by atoms with E-state index in [2.05, 4.69) is 22.0 Å². The zero-order valence-electron chi connectivity index (χ0n) is 21.4. The van der Waals surface area contributed by atoms with E-state index in [0.29, 0.717) is 13.2 Å². The number of hydrogen-bond acceptors (Lipinski definition) is 4. The van der Waals surface area contributed by atoms with Gasteiger partial charge in [-0.3, -0.25) is 9.36 Å². The van der Waals surface area contributed by atoms with Crippen molar-refractivity contribution in [2.45, 2.75) is 72.3 Å². The van der Waals surface area contributed by atoms with Gasteiger partial charge in [-0.2, -0.15) is 0 Å². The maximum absolute atomic E-state index is 13.4. The van der Waals surface area contributed by atoms with Crippen LogP contribution in [0, 0.1) is 13.8 Å². The van der Waals surface area contributed by atoms with Crippen LogP contribution in [-0.4, -0.2) is 39.3 Å². The molecule has 6 nitrogen and oxygen atoms in total. The molecule has 2 heterocycles. The fraction of sp³-hybridized carbons (Fsp3) is 0.429. The Morgan fingerprint density at radius 2 is 1.77 bits per heavy atom. The number of hydrogen-bond donors (Lipinski definition) is 0. The van der Waals surface area contributed by atoms with Crippen LogP contribution in [0.5, 0.6) is 0 Å². The Morgan fingerprint density at radius 1 is 1.11 bits per heavy atom. The number of fused-ring (bicyclic) bond motifs is 1. The zero-order chi connectivity index (χ0) is 25.7. The molecule has 186 valence electrons. The fourth-order valence-corrected chi connectivity index (χ4v) is 5.38. The van der Waals surface area contributed by atoms with Crippen molar-refractivity contribution in [3.05, 3.63) is 69.3 Å². The number of benzene rings is 2. The zero-order valence-corrected chi connectivity index (χ0v) is 23.0. The average molecular weight is 541 g/mol. The van der Waals surface area contributed by atoms with Gasteiger partial charge in [0.15, 0.2) is 5.60 Å². The number of rotatable bonds is 5. The molecule has 2 atom stereocenters. The number of amides is 1. The molecule has 1 aromatic heterocycles. The molecule has 2 unspecified atom stereocenters. The van der Waals surface area contributed by atoms with Crippen molar-refractivity contribution < 1.29 is 19.1 Å². The van der Waals surface area contributed by atoms with Crippen molar-refractivity contribution in [3.8, 4) is 0 Å². The van der Waals surface area contributed by atoms with Crippen LogP contribution in [0.4, 0.5) is 4.79 Å². The summed E-state index contributed by atoms with van der Waals surface area (Å²) in [6.45, 7) is 14.3. The third-order valence-corrected chi connectivity index (χ3v) is 7.09. The SMILES string of the molecule is CCOC1(C)C(=O)N(Cc2c(C)cc(C)c3c2ccn3C(=O)OC(C)(C)C)C1c1ccc(Br)cc1. The summed E-state index contributed by atoms with van der Waals surface area (Å²) in [7, 11) is 0. The first-order valence-electron chi connectivity index (χ1n) is 11.9. The molecule has 0 N–H and O–H groups in total. The van der Waals surface area contributed by atoms with Crippen molar-refractivity contribution in [2.75, 3.05) is 6.61 Å². The number of ether oxygens (including phenoxy) is 2. The molecule has 1 amide bonds. The van der Waals surface area contributed by atoms with Gasteiger partial charge < -0.3 is 14.4 Å². The van der Waals surface area contributed by atoms with Crippen LogP contribution >= 0.6 is 15.9 Å². The van der Waals surface area contributed by atoms with E-state index in [1.165, 1.54) is 0 Å². The molecule has 2 aromatic carbocycles. The third kappa shape index (κ3) is 4.52. The predicted molar refractivity (Wildman–Crippen MR) is 141 cm³/mol. The molecule has 1 saturated heterocycles. The van der Waals surface area contributed by atoms with Gasteiger partial charge in [-0.25, -0.2) is 4.79 Å². The number of halogens is 1. The van der Waals surface area contributed by atoms with Gasteiger partial charge in [0.05, 0.1) is 11.6 Å². The van der Waals surface area contributed by atoms with E-state index < -0.39 is 17.3 Å². The first-order chi connectivity index (χ1) is 16.4. The summed E-state index contributed by atoms with van der Waals surface area (Å²) in [5.41, 5.74) is 3.39. The van der Waals surface area contributed by atoms with E-state index in [-0.39, 0.29) is 11.9 Å². The summed E-state index contributed by atoms with van der Waals surface area (Å²) in [5.74, 6) is -0.0352. The second-order valence-corrected chi connectivity index (χ2v) is 11.3. The number of nitrogens with zero attached hydrogens (tertiary/aromatic N) is 2. The quantitative estimate of drug-likeness (QED) is 0.338. The highest BCUT2D eigenvalue weighted by molar-refractivity contribution is 9.10. The van der Waals surface area contributed by atoms with Crippen LogP contribution in [0.2, 0.25) is 0 Å². The van der Waals surface area contributed by atoms with Gasteiger partial charge in [-0.05, 0) is 88.9 Å². The molecule has 1 aliphatic rings. The lowest BCUT2D eigenvalue weighted by atomic mass is 9.78. The highest BCUT2D eigenvalue weighted by atomic mass is 79.9. The number of carbonyl (C=O) groups excluding carboxylic acids is 2. The smallest absolute Gasteiger partial charge is 0.418 e. The molecular formula is C28H33BrN2O4. The second kappa shape index (κ2) is 9.10. The van der Waals surface area contributed by atoms with E-state index in [4.69, 9.17) is 9.47 Å². The Kier molecular flexibility index (Phi) is 6.62. The van der Waals surface area contributed by atoms with Gasteiger partial charge in [0.2, 0.25) is 0 Å². The lowest BCUT2D eigenvalue weighted by Gasteiger charge is -2.54. The molecule has 0 spiro atoms. The van der Waals surface area contributed by atoms with E-state index >= 15 is 0 Å². The minimum absolute atomic E-state index is 0.0352. The number of β-lactam (4-membered cyclic amide) rings is 1. The van der Waals surface area contributed by atoms with Crippen LogP contribution in [0.25, 0.3) is 10.9 Å². The topological polar surface area (TPSA) is 60.8 Å².